The third-order valence-corrected chi connectivity index (χ3v) is 5.04. The normalized spacial score (nSPS) is 22.0. The van der Waals surface area contributed by atoms with Gasteiger partial charge in [0.2, 0.25) is 0 Å². The highest BCUT2D eigenvalue weighted by molar-refractivity contribution is 6.43. The SMILES string of the molecule is CCOC(=O)C(=O)c1cn([C@@H]2OC[C@H](OC(C)=O)[C@H](OC(C)=O)[C@@H]2OC(C)=O)c2ccccc12. The summed E-state index contributed by atoms with van der Waals surface area (Å²) in [6.45, 7) is 4.95. The molecule has 1 aromatic carbocycles. The van der Waals surface area contributed by atoms with Crippen LogP contribution in [0, 0.1) is 0 Å². The molecule has 0 bridgehead atoms. The summed E-state index contributed by atoms with van der Waals surface area (Å²) < 4.78 is 28.3. The van der Waals surface area contributed by atoms with Crippen molar-refractivity contribution < 1.29 is 47.7 Å². The number of carbonyl (C=O) groups excluding carboxylic acids is 5. The zero-order chi connectivity index (χ0) is 25.0. The van der Waals surface area contributed by atoms with E-state index < -0.39 is 54.2 Å². The molecule has 1 fully saturated rings. The summed E-state index contributed by atoms with van der Waals surface area (Å²) >= 11 is 0. The van der Waals surface area contributed by atoms with Gasteiger partial charge in [-0.05, 0) is 13.0 Å². The summed E-state index contributed by atoms with van der Waals surface area (Å²) in [6.07, 6.45) is -3.14. The minimum Gasteiger partial charge on any atom is -0.460 e. The van der Waals surface area contributed by atoms with Crippen molar-refractivity contribution in [3.63, 3.8) is 0 Å². The summed E-state index contributed by atoms with van der Waals surface area (Å²) in [5.41, 5.74) is 0.551. The van der Waals surface area contributed by atoms with E-state index in [2.05, 4.69) is 0 Å². The Morgan fingerprint density at radius 3 is 2.18 bits per heavy atom. The second-order valence-electron chi connectivity index (χ2n) is 7.54. The molecule has 34 heavy (non-hydrogen) atoms. The predicted octanol–water partition coefficient (Wildman–Crippen LogP) is 1.71. The Bertz CT molecular complexity index is 1120. The number of ether oxygens (including phenoxy) is 5. The Balaban J connectivity index is 2.11. The van der Waals surface area contributed by atoms with Gasteiger partial charge in [0, 0.05) is 32.4 Å². The first kappa shape index (κ1) is 24.9. The quantitative estimate of drug-likeness (QED) is 0.252. The molecule has 4 atom stereocenters. The fourth-order valence-corrected chi connectivity index (χ4v) is 3.86. The van der Waals surface area contributed by atoms with Crippen molar-refractivity contribution in [1.82, 2.24) is 4.57 Å². The largest absolute Gasteiger partial charge is 0.460 e. The molecule has 0 unspecified atom stereocenters. The molecule has 1 aromatic heterocycles. The van der Waals surface area contributed by atoms with Crippen molar-refractivity contribution in [3.05, 3.63) is 36.0 Å². The van der Waals surface area contributed by atoms with Crippen molar-refractivity contribution in [2.24, 2.45) is 0 Å². The highest BCUT2D eigenvalue weighted by Gasteiger charge is 2.48. The standard InChI is InChI=1S/C23H25NO10/c1-5-30-23(29)19(28)16-10-24(17-9-7-6-8-15(16)17)22-21(34-14(4)27)20(33-13(3)26)18(11-31-22)32-12(2)25/h6-10,18,20-22H,5,11H2,1-4H3/t18-,20-,21-,22+/m0/s1. The number of fused-ring (bicyclic) bond motifs is 1. The average Bonchev–Trinajstić information content (AvgIpc) is 3.14. The van der Waals surface area contributed by atoms with Gasteiger partial charge in [-0.15, -0.1) is 0 Å². The number of aromatic nitrogens is 1. The van der Waals surface area contributed by atoms with Gasteiger partial charge in [0.15, 0.2) is 24.5 Å². The number of nitrogens with zero attached hydrogens (tertiary/aromatic N) is 1. The second kappa shape index (κ2) is 10.5. The maximum atomic E-state index is 12.7. The smallest absolute Gasteiger partial charge is 0.379 e. The van der Waals surface area contributed by atoms with Gasteiger partial charge < -0.3 is 28.3 Å². The van der Waals surface area contributed by atoms with E-state index in [-0.39, 0.29) is 18.8 Å². The fourth-order valence-electron chi connectivity index (χ4n) is 3.86. The van der Waals surface area contributed by atoms with Gasteiger partial charge in [0.05, 0.1) is 24.3 Å². The number of rotatable bonds is 7. The van der Waals surface area contributed by atoms with E-state index >= 15 is 0 Å². The lowest BCUT2D eigenvalue weighted by atomic mass is 10.0. The average molecular weight is 475 g/mol. The molecule has 1 saturated heterocycles. The van der Waals surface area contributed by atoms with Crippen molar-refractivity contribution in [1.29, 1.82) is 0 Å². The van der Waals surface area contributed by atoms with Gasteiger partial charge in [-0.3, -0.25) is 19.2 Å². The van der Waals surface area contributed by atoms with Crippen LogP contribution in [-0.4, -0.2) is 65.8 Å². The van der Waals surface area contributed by atoms with Crippen molar-refractivity contribution in [2.75, 3.05) is 13.2 Å². The number of hydrogen-bond acceptors (Lipinski definition) is 10. The Hall–Kier alpha value is -3.73. The minimum atomic E-state index is -1.24. The van der Waals surface area contributed by atoms with Crippen LogP contribution in [0.25, 0.3) is 10.9 Å². The van der Waals surface area contributed by atoms with Crippen LogP contribution < -0.4 is 0 Å². The van der Waals surface area contributed by atoms with Gasteiger partial charge >= 0.3 is 23.9 Å². The van der Waals surface area contributed by atoms with Gasteiger partial charge in [-0.1, -0.05) is 18.2 Å². The number of ketones is 1. The molecule has 0 spiro atoms. The molecule has 182 valence electrons. The van der Waals surface area contributed by atoms with E-state index in [4.69, 9.17) is 23.7 Å². The van der Waals surface area contributed by atoms with Crippen LogP contribution in [0.3, 0.4) is 0 Å². The Morgan fingerprint density at radius 2 is 1.56 bits per heavy atom. The monoisotopic (exact) mass is 475 g/mol. The molecule has 2 heterocycles. The number of benzene rings is 1. The molecule has 11 heteroatoms. The van der Waals surface area contributed by atoms with E-state index in [1.54, 1.807) is 31.2 Å². The highest BCUT2D eigenvalue weighted by atomic mass is 16.6. The third kappa shape index (κ3) is 5.25. The predicted molar refractivity (Wildman–Crippen MR) is 115 cm³/mol. The van der Waals surface area contributed by atoms with Crippen LogP contribution in [0.15, 0.2) is 30.5 Å². The molecular weight excluding hydrogens is 450 g/mol. The lowest BCUT2D eigenvalue weighted by Crippen LogP contribution is -2.55. The van der Waals surface area contributed by atoms with E-state index in [0.29, 0.717) is 10.9 Å². The Morgan fingerprint density at radius 1 is 0.941 bits per heavy atom. The summed E-state index contributed by atoms with van der Waals surface area (Å²) in [5.74, 6) is -3.89. The van der Waals surface area contributed by atoms with Gasteiger partial charge in [-0.25, -0.2) is 4.79 Å². The molecule has 1 aliphatic heterocycles. The molecule has 0 N–H and O–H groups in total. The van der Waals surface area contributed by atoms with Crippen LogP contribution in [0.5, 0.6) is 0 Å². The van der Waals surface area contributed by atoms with Crippen molar-refractivity contribution in [3.8, 4) is 0 Å². The van der Waals surface area contributed by atoms with Crippen molar-refractivity contribution >= 4 is 40.6 Å². The maximum Gasteiger partial charge on any atom is 0.379 e. The Kier molecular flexibility index (Phi) is 7.67. The van der Waals surface area contributed by atoms with E-state index in [0.717, 1.165) is 0 Å². The topological polar surface area (TPSA) is 136 Å². The van der Waals surface area contributed by atoms with Crippen LogP contribution in [0.1, 0.15) is 44.3 Å². The van der Waals surface area contributed by atoms with Crippen LogP contribution >= 0.6 is 0 Å². The maximum absolute atomic E-state index is 12.7. The van der Waals surface area contributed by atoms with Crippen LogP contribution in [0.4, 0.5) is 0 Å². The number of Topliss-reactive ketones (excluding diaryl/α,β-unsaturated/α-hetero) is 1. The molecule has 0 radical (unpaired) electrons. The lowest BCUT2D eigenvalue weighted by Gasteiger charge is -2.41. The second-order valence-corrected chi connectivity index (χ2v) is 7.54. The van der Waals surface area contributed by atoms with E-state index in [9.17, 15) is 24.0 Å². The summed E-state index contributed by atoms with van der Waals surface area (Å²) in [6, 6.07) is 6.74. The van der Waals surface area contributed by atoms with Gasteiger partial charge in [0.25, 0.3) is 5.78 Å². The molecule has 0 saturated carbocycles. The minimum absolute atomic E-state index is 0.0328. The highest BCUT2D eigenvalue weighted by Crippen LogP contribution is 2.35. The Labute approximate surface area is 194 Å². The molecule has 1 aliphatic rings. The number of para-hydroxylation sites is 1. The third-order valence-electron chi connectivity index (χ3n) is 5.04. The first-order valence-corrected chi connectivity index (χ1v) is 10.6. The lowest BCUT2D eigenvalue weighted by molar-refractivity contribution is -0.239. The fraction of sp³-hybridized carbons (Fsp3) is 0.435. The summed E-state index contributed by atoms with van der Waals surface area (Å²) in [5, 5.41) is 0.442. The molecule has 0 aliphatic carbocycles. The van der Waals surface area contributed by atoms with E-state index in [1.165, 1.54) is 31.5 Å². The first-order chi connectivity index (χ1) is 16.1. The summed E-state index contributed by atoms with van der Waals surface area (Å²) in [4.78, 5) is 60.2. The molecule has 11 nitrogen and oxygen atoms in total. The van der Waals surface area contributed by atoms with Crippen LogP contribution in [0.2, 0.25) is 0 Å². The molecule has 2 aromatic rings. The summed E-state index contributed by atoms with van der Waals surface area (Å²) in [7, 11) is 0. The molecular formula is C23H25NO10. The molecule has 3 rings (SSSR count). The number of carbonyl (C=O) groups is 5. The van der Waals surface area contributed by atoms with Gasteiger partial charge in [0.1, 0.15) is 0 Å². The zero-order valence-electron chi connectivity index (χ0n) is 19.1. The van der Waals surface area contributed by atoms with Crippen LogP contribution in [-0.2, 0) is 42.9 Å². The van der Waals surface area contributed by atoms with Crippen molar-refractivity contribution in [2.45, 2.75) is 52.2 Å². The zero-order valence-corrected chi connectivity index (χ0v) is 19.1. The van der Waals surface area contributed by atoms with E-state index in [1.807, 2.05) is 0 Å². The molecule has 0 amide bonds. The first-order valence-electron chi connectivity index (χ1n) is 10.6. The number of esters is 4. The number of hydrogen-bond donors (Lipinski definition) is 0. The van der Waals surface area contributed by atoms with Gasteiger partial charge in [-0.2, -0.15) is 0 Å².